The van der Waals surface area contributed by atoms with E-state index in [1.807, 2.05) is 53.1 Å². The minimum Gasteiger partial charge on any atom is -0.477 e. The lowest BCUT2D eigenvalue weighted by molar-refractivity contribution is 0.0683. The molecular formula is C27H31N3O4. The summed E-state index contributed by atoms with van der Waals surface area (Å²) in [4.78, 5) is 26.1. The van der Waals surface area contributed by atoms with Gasteiger partial charge in [0.1, 0.15) is 5.69 Å². The molecule has 34 heavy (non-hydrogen) atoms. The van der Waals surface area contributed by atoms with Crippen LogP contribution in [-0.4, -0.2) is 52.4 Å². The smallest absolute Gasteiger partial charge is 0.409 e. The fourth-order valence-electron chi connectivity index (χ4n) is 4.63. The molecule has 0 radical (unpaired) electrons. The van der Waals surface area contributed by atoms with E-state index in [-0.39, 0.29) is 12.1 Å². The van der Waals surface area contributed by atoms with Crippen molar-refractivity contribution in [3.05, 3.63) is 77.5 Å². The summed E-state index contributed by atoms with van der Waals surface area (Å²) in [6.07, 6.45) is 3.13. The van der Waals surface area contributed by atoms with Crippen molar-refractivity contribution >= 4 is 29.0 Å². The lowest BCUT2D eigenvalue weighted by atomic mass is 10.0. The maximum atomic E-state index is 12.4. The first-order valence-electron chi connectivity index (χ1n) is 11.7. The molecule has 1 saturated heterocycles. The number of carboxylic acids is 1. The fraction of sp³-hybridized carbons (Fsp3) is 0.333. The number of carboxylic acid groups (broad SMARTS) is 1. The molecule has 0 unspecified atom stereocenters. The summed E-state index contributed by atoms with van der Waals surface area (Å²) in [6, 6.07) is 16.0. The highest BCUT2D eigenvalue weighted by molar-refractivity contribution is 5.98. The molecule has 1 fully saturated rings. The van der Waals surface area contributed by atoms with Crippen LogP contribution < -0.4 is 5.32 Å². The second-order valence-corrected chi connectivity index (χ2v) is 8.52. The zero-order chi connectivity index (χ0) is 24.1. The number of likely N-dealkylation sites (tertiary alicyclic amines) is 1. The first kappa shape index (κ1) is 23.6. The summed E-state index contributed by atoms with van der Waals surface area (Å²) in [5.41, 5.74) is 4.06. The molecule has 178 valence electrons. The number of benzene rings is 2. The van der Waals surface area contributed by atoms with E-state index in [1.165, 1.54) is 0 Å². The number of carbonyl (C=O) groups excluding carboxylic acids is 1. The largest absolute Gasteiger partial charge is 0.477 e. The standard InChI is InChI=1S/C27H31N3O4/c1-3-19-9-11-20(12-10-19)18-30-24-8-6-5-7-22(24)23(25(30)26(31)32)17-28-21-13-15-29(16-14-21)27(33)34-4-2/h3,5-12,21,28H,1,4,13-18H2,2H3,(H,31,32). The molecule has 2 N–H and O–H groups in total. The average molecular weight is 462 g/mol. The second-order valence-electron chi connectivity index (χ2n) is 8.52. The number of amides is 1. The molecule has 0 saturated carbocycles. The van der Waals surface area contributed by atoms with E-state index in [0.29, 0.717) is 38.5 Å². The number of para-hydroxylation sites is 1. The number of carbonyl (C=O) groups is 2. The lowest BCUT2D eigenvalue weighted by Gasteiger charge is -2.31. The van der Waals surface area contributed by atoms with Crippen molar-refractivity contribution in [1.82, 2.24) is 14.8 Å². The van der Waals surface area contributed by atoms with Gasteiger partial charge in [-0.2, -0.15) is 0 Å². The maximum absolute atomic E-state index is 12.4. The summed E-state index contributed by atoms with van der Waals surface area (Å²) in [5.74, 6) is -0.937. The molecule has 1 aliphatic rings. The number of aromatic nitrogens is 1. The van der Waals surface area contributed by atoms with Gasteiger partial charge in [-0.3, -0.25) is 0 Å². The maximum Gasteiger partial charge on any atom is 0.409 e. The van der Waals surface area contributed by atoms with Crippen LogP contribution >= 0.6 is 0 Å². The van der Waals surface area contributed by atoms with Gasteiger partial charge in [0.25, 0.3) is 0 Å². The predicted octanol–water partition coefficient (Wildman–Crippen LogP) is 4.74. The molecule has 3 aromatic rings. The van der Waals surface area contributed by atoms with Crippen molar-refractivity contribution in [1.29, 1.82) is 0 Å². The van der Waals surface area contributed by atoms with Gasteiger partial charge in [-0.05, 0) is 37.0 Å². The third-order valence-electron chi connectivity index (χ3n) is 6.42. The van der Waals surface area contributed by atoms with E-state index < -0.39 is 5.97 Å². The predicted molar refractivity (Wildman–Crippen MR) is 133 cm³/mol. The van der Waals surface area contributed by atoms with Crippen LogP contribution in [0.15, 0.2) is 55.1 Å². The Morgan fingerprint density at radius 2 is 1.85 bits per heavy atom. The number of nitrogens with zero attached hydrogens (tertiary/aromatic N) is 2. The molecule has 1 aliphatic heterocycles. The third kappa shape index (κ3) is 4.99. The normalized spacial score (nSPS) is 14.3. The Hall–Kier alpha value is -3.58. The molecule has 1 amide bonds. The van der Waals surface area contributed by atoms with E-state index in [0.717, 1.165) is 40.4 Å². The summed E-state index contributed by atoms with van der Waals surface area (Å²) < 4.78 is 6.98. The van der Waals surface area contributed by atoms with E-state index in [9.17, 15) is 14.7 Å². The van der Waals surface area contributed by atoms with Crippen molar-refractivity contribution in [2.24, 2.45) is 0 Å². The van der Waals surface area contributed by atoms with Gasteiger partial charge >= 0.3 is 12.1 Å². The molecule has 4 rings (SSSR count). The molecule has 0 bridgehead atoms. The van der Waals surface area contributed by atoms with Gasteiger partial charge < -0.3 is 24.6 Å². The Morgan fingerprint density at radius 1 is 1.15 bits per heavy atom. The van der Waals surface area contributed by atoms with E-state index in [4.69, 9.17) is 4.74 Å². The Morgan fingerprint density at radius 3 is 2.50 bits per heavy atom. The SMILES string of the molecule is C=Cc1ccc(Cn2c(C(=O)O)c(CNC3CCN(C(=O)OCC)CC3)c3ccccc32)cc1. The molecule has 7 heteroatoms. The van der Waals surface area contributed by atoms with E-state index >= 15 is 0 Å². The Bertz CT molecular complexity index is 1170. The molecule has 1 aromatic heterocycles. The number of nitrogens with one attached hydrogen (secondary N) is 1. The number of rotatable bonds is 8. The average Bonchev–Trinajstić information content (AvgIpc) is 3.17. The number of fused-ring (bicyclic) bond motifs is 1. The highest BCUT2D eigenvalue weighted by atomic mass is 16.6. The summed E-state index contributed by atoms with van der Waals surface area (Å²) in [5, 5.41) is 14.7. The minimum absolute atomic E-state index is 0.209. The lowest BCUT2D eigenvalue weighted by Crippen LogP contribution is -2.45. The zero-order valence-electron chi connectivity index (χ0n) is 19.5. The third-order valence-corrected chi connectivity index (χ3v) is 6.42. The van der Waals surface area contributed by atoms with Crippen LogP contribution in [0.25, 0.3) is 17.0 Å². The fourth-order valence-corrected chi connectivity index (χ4v) is 4.63. The van der Waals surface area contributed by atoms with Crippen LogP contribution in [0.5, 0.6) is 0 Å². The monoisotopic (exact) mass is 461 g/mol. The van der Waals surface area contributed by atoms with Crippen LogP contribution in [-0.2, 0) is 17.8 Å². The van der Waals surface area contributed by atoms with Gasteiger partial charge in [0, 0.05) is 48.7 Å². The molecule has 2 aromatic carbocycles. The number of hydrogen-bond acceptors (Lipinski definition) is 4. The topological polar surface area (TPSA) is 83.8 Å². The number of ether oxygens (including phenoxy) is 1. The number of aromatic carboxylic acids is 1. The number of piperidine rings is 1. The van der Waals surface area contributed by atoms with Gasteiger partial charge in [-0.1, -0.05) is 55.1 Å². The van der Waals surface area contributed by atoms with Gasteiger partial charge in [0.2, 0.25) is 0 Å². The zero-order valence-corrected chi connectivity index (χ0v) is 19.5. The first-order chi connectivity index (χ1) is 16.5. The van der Waals surface area contributed by atoms with Crippen molar-refractivity contribution in [2.45, 2.75) is 38.9 Å². The molecule has 0 spiro atoms. The van der Waals surface area contributed by atoms with Gasteiger partial charge in [0.05, 0.1) is 6.61 Å². The van der Waals surface area contributed by atoms with Crippen molar-refractivity contribution in [3.8, 4) is 0 Å². The van der Waals surface area contributed by atoms with Crippen molar-refractivity contribution < 1.29 is 19.4 Å². The first-order valence-corrected chi connectivity index (χ1v) is 11.7. The van der Waals surface area contributed by atoms with Crippen LogP contribution in [0, 0.1) is 0 Å². The van der Waals surface area contributed by atoms with Gasteiger partial charge in [-0.25, -0.2) is 9.59 Å². The van der Waals surface area contributed by atoms with Crippen LogP contribution in [0.4, 0.5) is 4.79 Å². The Labute approximate surface area is 199 Å². The molecule has 2 heterocycles. The van der Waals surface area contributed by atoms with Crippen LogP contribution in [0.3, 0.4) is 0 Å². The second kappa shape index (κ2) is 10.6. The molecular weight excluding hydrogens is 430 g/mol. The van der Waals surface area contributed by atoms with E-state index in [2.05, 4.69) is 11.9 Å². The highest BCUT2D eigenvalue weighted by Gasteiger charge is 2.26. The Kier molecular flexibility index (Phi) is 7.33. The highest BCUT2D eigenvalue weighted by Crippen LogP contribution is 2.28. The summed E-state index contributed by atoms with van der Waals surface area (Å²) in [7, 11) is 0. The van der Waals surface area contributed by atoms with Gasteiger partial charge in [-0.15, -0.1) is 0 Å². The number of hydrogen-bond donors (Lipinski definition) is 2. The summed E-state index contributed by atoms with van der Waals surface area (Å²) in [6.45, 7) is 8.15. The quantitative estimate of drug-likeness (QED) is 0.506. The van der Waals surface area contributed by atoms with E-state index in [1.54, 1.807) is 17.9 Å². The molecule has 0 atom stereocenters. The minimum atomic E-state index is -0.937. The molecule has 0 aliphatic carbocycles. The van der Waals surface area contributed by atoms with Crippen LogP contribution in [0.2, 0.25) is 0 Å². The molecule has 7 nitrogen and oxygen atoms in total. The van der Waals surface area contributed by atoms with Crippen molar-refractivity contribution in [2.75, 3.05) is 19.7 Å². The van der Waals surface area contributed by atoms with Gasteiger partial charge in [0.15, 0.2) is 0 Å². The Balaban J connectivity index is 1.55. The van der Waals surface area contributed by atoms with Crippen molar-refractivity contribution in [3.63, 3.8) is 0 Å². The summed E-state index contributed by atoms with van der Waals surface area (Å²) >= 11 is 0. The van der Waals surface area contributed by atoms with Crippen LogP contribution in [0.1, 0.15) is 46.9 Å².